The second-order valence-corrected chi connectivity index (χ2v) is 8.91. The van der Waals surface area contributed by atoms with E-state index in [2.05, 4.69) is 4.72 Å². The van der Waals surface area contributed by atoms with E-state index in [1.165, 1.54) is 30.1 Å². The van der Waals surface area contributed by atoms with Gasteiger partial charge in [0.2, 0.25) is 15.9 Å². The zero-order valence-electron chi connectivity index (χ0n) is 15.0. The highest BCUT2D eigenvalue weighted by molar-refractivity contribution is 7.91. The zero-order chi connectivity index (χ0) is 19.3. The summed E-state index contributed by atoms with van der Waals surface area (Å²) >= 11 is 1.24. The summed E-state index contributed by atoms with van der Waals surface area (Å²) in [5.74, 6) is -0.324. The molecule has 1 aromatic heterocycles. The molecule has 0 saturated carbocycles. The minimum atomic E-state index is -3.60. The Bertz CT molecular complexity index is 903. The minimum Gasteiger partial charge on any atom is -0.311 e. The van der Waals surface area contributed by atoms with Gasteiger partial charge in [0.25, 0.3) is 0 Å². The molecule has 0 saturated heterocycles. The highest BCUT2D eigenvalue weighted by Gasteiger charge is 2.18. The van der Waals surface area contributed by atoms with Gasteiger partial charge in [-0.25, -0.2) is 13.1 Å². The number of thiophene rings is 1. The first-order valence-electron chi connectivity index (χ1n) is 8.22. The molecule has 1 N–H and O–H groups in total. The van der Waals surface area contributed by atoms with E-state index in [0.29, 0.717) is 11.3 Å². The van der Waals surface area contributed by atoms with Crippen LogP contribution in [0.15, 0.2) is 40.6 Å². The van der Waals surface area contributed by atoms with Crippen LogP contribution < -0.4 is 9.62 Å². The van der Waals surface area contributed by atoms with Crippen LogP contribution >= 0.6 is 11.3 Å². The molecular formula is C18H22N2O4S2. The molecule has 1 heterocycles. The lowest BCUT2D eigenvalue weighted by atomic mass is 10.1. The van der Waals surface area contributed by atoms with E-state index in [0.717, 1.165) is 11.3 Å². The molecule has 0 unspecified atom stereocenters. The summed E-state index contributed by atoms with van der Waals surface area (Å²) in [6, 6.07) is 10.1. The van der Waals surface area contributed by atoms with E-state index in [1.807, 2.05) is 6.92 Å². The first kappa shape index (κ1) is 20.3. The van der Waals surface area contributed by atoms with Gasteiger partial charge in [0.05, 0.1) is 0 Å². The number of amides is 1. The van der Waals surface area contributed by atoms with Crippen LogP contribution in [0.5, 0.6) is 0 Å². The average molecular weight is 395 g/mol. The Labute approximate surface area is 157 Å². The maximum absolute atomic E-state index is 12.3. The van der Waals surface area contributed by atoms with Crippen molar-refractivity contribution in [3.8, 4) is 0 Å². The molecule has 26 heavy (non-hydrogen) atoms. The first-order chi connectivity index (χ1) is 12.2. The number of carbonyl (C=O) groups excluding carboxylic acids is 2. The molecule has 0 aliphatic rings. The maximum Gasteiger partial charge on any atom is 0.250 e. The number of anilines is 1. The molecule has 0 aliphatic carbocycles. The van der Waals surface area contributed by atoms with Crippen LogP contribution in [0, 0.1) is 0 Å². The fraction of sp³-hybridized carbons (Fsp3) is 0.333. The topological polar surface area (TPSA) is 83.6 Å². The van der Waals surface area contributed by atoms with E-state index in [-0.39, 0.29) is 29.0 Å². The smallest absolute Gasteiger partial charge is 0.250 e. The Kier molecular flexibility index (Phi) is 6.69. The fourth-order valence-corrected chi connectivity index (χ4v) is 4.78. The van der Waals surface area contributed by atoms with Crippen molar-refractivity contribution >= 4 is 38.7 Å². The summed E-state index contributed by atoms with van der Waals surface area (Å²) in [6.07, 6.45) is 0.783. The molecule has 6 nitrogen and oxygen atoms in total. The van der Waals surface area contributed by atoms with Crippen molar-refractivity contribution in [3.05, 3.63) is 46.8 Å². The number of sulfonamides is 1. The highest BCUT2D eigenvalue weighted by Crippen LogP contribution is 2.22. The maximum atomic E-state index is 12.3. The number of aryl methyl sites for hydroxylation is 1. The van der Waals surface area contributed by atoms with Crippen molar-refractivity contribution in [2.45, 2.75) is 31.4 Å². The van der Waals surface area contributed by atoms with Gasteiger partial charge >= 0.3 is 0 Å². The summed E-state index contributed by atoms with van der Waals surface area (Å²) in [4.78, 5) is 25.9. The second kappa shape index (κ2) is 8.57. The van der Waals surface area contributed by atoms with Crippen LogP contribution in [-0.4, -0.2) is 33.2 Å². The lowest BCUT2D eigenvalue weighted by Crippen LogP contribution is -2.37. The number of hydrogen-bond acceptors (Lipinski definition) is 5. The van der Waals surface area contributed by atoms with Crippen molar-refractivity contribution in [2.24, 2.45) is 0 Å². The van der Waals surface area contributed by atoms with Crippen molar-refractivity contribution < 1.29 is 18.0 Å². The number of nitrogens with one attached hydrogen (secondary N) is 1. The third-order valence-corrected chi connectivity index (χ3v) is 7.00. The molecule has 8 heteroatoms. The average Bonchev–Trinajstić information content (AvgIpc) is 3.08. The lowest BCUT2D eigenvalue weighted by Gasteiger charge is -2.21. The molecular weight excluding hydrogens is 372 g/mol. The number of benzene rings is 1. The summed E-state index contributed by atoms with van der Waals surface area (Å²) in [5, 5.41) is 0. The Hall–Kier alpha value is -2.03. The Balaban J connectivity index is 2.08. The summed E-state index contributed by atoms with van der Waals surface area (Å²) < 4.78 is 27.5. The van der Waals surface area contributed by atoms with Gasteiger partial charge in [-0.05, 0) is 37.6 Å². The van der Waals surface area contributed by atoms with Crippen molar-refractivity contribution in [3.63, 3.8) is 0 Å². The van der Waals surface area contributed by atoms with Gasteiger partial charge in [-0.15, -0.1) is 11.3 Å². The Morgan fingerprint density at radius 1 is 1.15 bits per heavy atom. The number of hydrogen-bond donors (Lipinski definition) is 1. The number of carbonyl (C=O) groups is 2. The molecule has 1 aromatic carbocycles. The van der Waals surface area contributed by atoms with Gasteiger partial charge in [0.1, 0.15) is 4.21 Å². The molecule has 0 spiro atoms. The number of rotatable bonds is 8. The van der Waals surface area contributed by atoms with Gasteiger partial charge in [-0.1, -0.05) is 19.1 Å². The molecule has 0 aliphatic heterocycles. The predicted octanol–water partition coefficient (Wildman–Crippen LogP) is 2.84. The van der Waals surface area contributed by atoms with Gasteiger partial charge in [0.15, 0.2) is 5.78 Å². The van der Waals surface area contributed by atoms with Crippen LogP contribution in [0.2, 0.25) is 0 Å². The molecule has 0 atom stereocenters. The quantitative estimate of drug-likeness (QED) is 0.698. The number of ketones is 1. The molecule has 140 valence electrons. The van der Waals surface area contributed by atoms with E-state index in [9.17, 15) is 18.0 Å². The number of nitrogens with zero attached hydrogens (tertiary/aromatic N) is 1. The van der Waals surface area contributed by atoms with Gasteiger partial charge in [-0.2, -0.15) is 0 Å². The third kappa shape index (κ3) is 5.00. The Morgan fingerprint density at radius 2 is 1.88 bits per heavy atom. The monoisotopic (exact) mass is 394 g/mol. The van der Waals surface area contributed by atoms with Crippen molar-refractivity contribution in [2.75, 3.05) is 18.0 Å². The molecule has 0 fully saturated rings. The van der Waals surface area contributed by atoms with Crippen LogP contribution in [0.3, 0.4) is 0 Å². The Morgan fingerprint density at radius 3 is 2.46 bits per heavy atom. The molecule has 2 rings (SSSR count). The van der Waals surface area contributed by atoms with Crippen molar-refractivity contribution in [1.29, 1.82) is 0 Å². The first-order valence-corrected chi connectivity index (χ1v) is 10.5. The predicted molar refractivity (Wildman–Crippen MR) is 103 cm³/mol. The van der Waals surface area contributed by atoms with E-state index in [1.54, 1.807) is 36.4 Å². The molecule has 2 aromatic rings. The normalized spacial score (nSPS) is 11.3. The van der Waals surface area contributed by atoms with Crippen LogP contribution in [-0.2, 0) is 21.2 Å². The molecule has 1 amide bonds. The summed E-state index contributed by atoms with van der Waals surface area (Å²) in [6.45, 7) is 5.07. The number of Topliss-reactive ketones (excluding diaryl/α,β-unsaturated/α-hetero) is 1. The van der Waals surface area contributed by atoms with Crippen LogP contribution in [0.4, 0.5) is 5.69 Å². The van der Waals surface area contributed by atoms with Gasteiger partial charge in [-0.3, -0.25) is 9.59 Å². The third-order valence-electron chi connectivity index (χ3n) is 3.82. The van der Waals surface area contributed by atoms with Crippen molar-refractivity contribution in [1.82, 2.24) is 4.72 Å². The SMILES string of the molecule is CCc1ccc(S(=O)(=O)NCCN(C(C)=O)c2cccc(C(C)=O)c2)s1. The summed E-state index contributed by atoms with van der Waals surface area (Å²) in [7, 11) is -3.60. The van der Waals surface area contributed by atoms with E-state index < -0.39 is 10.0 Å². The molecule has 0 radical (unpaired) electrons. The second-order valence-electron chi connectivity index (χ2n) is 5.75. The van der Waals surface area contributed by atoms with E-state index in [4.69, 9.17) is 0 Å². The standard InChI is InChI=1S/C18H22N2O4S2/c1-4-17-8-9-18(25-17)26(23,24)19-10-11-20(14(3)22)16-7-5-6-15(12-16)13(2)21/h5-9,12,19H,4,10-11H2,1-3H3. The van der Waals surface area contributed by atoms with E-state index >= 15 is 0 Å². The highest BCUT2D eigenvalue weighted by atomic mass is 32.2. The summed E-state index contributed by atoms with van der Waals surface area (Å²) in [5.41, 5.74) is 1.06. The van der Waals surface area contributed by atoms with Crippen LogP contribution in [0.25, 0.3) is 0 Å². The van der Waals surface area contributed by atoms with Gasteiger partial charge < -0.3 is 4.90 Å². The minimum absolute atomic E-state index is 0.0750. The van der Waals surface area contributed by atoms with Crippen LogP contribution in [0.1, 0.15) is 36.0 Å². The fourth-order valence-electron chi connectivity index (χ4n) is 2.42. The molecule has 0 bridgehead atoms. The largest absolute Gasteiger partial charge is 0.311 e. The zero-order valence-corrected chi connectivity index (χ0v) is 16.6. The van der Waals surface area contributed by atoms with Gasteiger partial charge in [0, 0.05) is 36.1 Å². The lowest BCUT2D eigenvalue weighted by molar-refractivity contribution is -0.116.